The third kappa shape index (κ3) is 3.21. The Hall–Kier alpha value is -0.0800. The molecule has 1 saturated heterocycles. The Kier molecular flexibility index (Phi) is 4.66. The Morgan fingerprint density at radius 2 is 2.12 bits per heavy atom. The Morgan fingerprint density at radius 1 is 1.31 bits per heavy atom. The summed E-state index contributed by atoms with van der Waals surface area (Å²) in [5.41, 5.74) is 0.321. The van der Waals surface area contributed by atoms with Gasteiger partial charge in [0.25, 0.3) is 0 Å². The number of hydrogen-bond acceptors (Lipinski definition) is 2. The second kappa shape index (κ2) is 6.02. The third-order valence-electron chi connectivity index (χ3n) is 4.33. The van der Waals surface area contributed by atoms with Crippen molar-refractivity contribution < 1.29 is 4.74 Å². The first-order chi connectivity index (χ1) is 7.85. The van der Waals surface area contributed by atoms with Gasteiger partial charge < -0.3 is 10.1 Å². The molecule has 0 radical (unpaired) electrons. The van der Waals surface area contributed by atoms with Gasteiger partial charge in [-0.3, -0.25) is 0 Å². The highest BCUT2D eigenvalue weighted by atomic mass is 16.5. The molecule has 0 amide bonds. The van der Waals surface area contributed by atoms with E-state index < -0.39 is 0 Å². The highest BCUT2D eigenvalue weighted by molar-refractivity contribution is 4.91. The monoisotopic (exact) mass is 225 g/mol. The Labute approximate surface area is 100 Å². The molecule has 2 aliphatic rings. The van der Waals surface area contributed by atoms with Gasteiger partial charge in [-0.2, -0.15) is 0 Å². The fourth-order valence-corrected chi connectivity index (χ4v) is 3.44. The van der Waals surface area contributed by atoms with E-state index in [1.807, 2.05) is 0 Å². The zero-order chi connectivity index (χ0) is 11.3. The van der Waals surface area contributed by atoms with Crippen molar-refractivity contribution in [3.8, 4) is 0 Å². The van der Waals surface area contributed by atoms with Crippen LogP contribution in [0.5, 0.6) is 0 Å². The van der Waals surface area contributed by atoms with E-state index in [9.17, 15) is 0 Å². The molecule has 1 aliphatic heterocycles. The largest absolute Gasteiger partial charge is 0.375 e. The average Bonchev–Trinajstić information content (AvgIpc) is 2.73. The molecule has 0 bridgehead atoms. The molecule has 1 unspecified atom stereocenters. The lowest BCUT2D eigenvalue weighted by molar-refractivity contribution is -0.0938. The first kappa shape index (κ1) is 12.4. The van der Waals surface area contributed by atoms with Crippen molar-refractivity contribution in [1.29, 1.82) is 0 Å². The summed E-state index contributed by atoms with van der Waals surface area (Å²) in [6, 6.07) is 0. The Bertz CT molecular complexity index is 199. The van der Waals surface area contributed by atoms with E-state index in [1.54, 1.807) is 0 Å². The van der Waals surface area contributed by atoms with E-state index >= 15 is 0 Å². The molecule has 1 aliphatic carbocycles. The fraction of sp³-hybridized carbons (Fsp3) is 1.00. The lowest BCUT2D eigenvalue weighted by atomic mass is 9.82. The quantitative estimate of drug-likeness (QED) is 0.726. The first-order valence-corrected chi connectivity index (χ1v) is 7.19. The van der Waals surface area contributed by atoms with Crippen LogP contribution in [0.15, 0.2) is 0 Å². The van der Waals surface area contributed by atoms with E-state index in [0.717, 1.165) is 19.1 Å². The summed E-state index contributed by atoms with van der Waals surface area (Å²) in [4.78, 5) is 0. The van der Waals surface area contributed by atoms with Gasteiger partial charge in [-0.25, -0.2) is 0 Å². The van der Waals surface area contributed by atoms with Crippen molar-refractivity contribution in [2.24, 2.45) is 5.92 Å². The molecule has 1 atom stereocenters. The molecule has 1 N–H and O–H groups in total. The van der Waals surface area contributed by atoms with Crippen LogP contribution in [0.4, 0.5) is 0 Å². The predicted octanol–water partition coefficient (Wildman–Crippen LogP) is 3.12. The second-order valence-corrected chi connectivity index (χ2v) is 5.59. The maximum absolute atomic E-state index is 6.07. The highest BCUT2D eigenvalue weighted by Gasteiger charge is 2.39. The molecule has 1 spiro atoms. The van der Waals surface area contributed by atoms with E-state index in [2.05, 4.69) is 12.2 Å². The zero-order valence-electron chi connectivity index (χ0n) is 10.8. The molecule has 0 aromatic rings. The maximum atomic E-state index is 6.07. The summed E-state index contributed by atoms with van der Waals surface area (Å²) in [5, 5.41) is 3.42. The number of hydrogen-bond donors (Lipinski definition) is 1. The SMILES string of the molecule is CCNCCCC1CCOC2(CCCC2)C1. The molecule has 2 fully saturated rings. The van der Waals surface area contributed by atoms with Crippen LogP contribution in [0.1, 0.15) is 58.3 Å². The van der Waals surface area contributed by atoms with Crippen LogP contribution >= 0.6 is 0 Å². The normalized spacial score (nSPS) is 28.7. The molecule has 2 rings (SSSR count). The van der Waals surface area contributed by atoms with Crippen molar-refractivity contribution in [3.05, 3.63) is 0 Å². The number of ether oxygens (including phenoxy) is 1. The van der Waals surface area contributed by atoms with E-state index in [4.69, 9.17) is 4.74 Å². The molecule has 0 aromatic carbocycles. The Morgan fingerprint density at radius 3 is 2.88 bits per heavy atom. The highest BCUT2D eigenvalue weighted by Crippen LogP contribution is 2.42. The lowest BCUT2D eigenvalue weighted by Crippen LogP contribution is -2.37. The van der Waals surface area contributed by atoms with Crippen LogP contribution in [0, 0.1) is 5.92 Å². The van der Waals surface area contributed by atoms with Gasteiger partial charge in [0.2, 0.25) is 0 Å². The van der Waals surface area contributed by atoms with Gasteiger partial charge in [0.1, 0.15) is 0 Å². The fourth-order valence-electron chi connectivity index (χ4n) is 3.44. The molecule has 16 heavy (non-hydrogen) atoms. The molecule has 0 aromatic heterocycles. The van der Waals surface area contributed by atoms with Gasteiger partial charge in [0.05, 0.1) is 5.60 Å². The topological polar surface area (TPSA) is 21.3 Å². The molecule has 94 valence electrons. The summed E-state index contributed by atoms with van der Waals surface area (Å²) < 4.78 is 6.07. The minimum atomic E-state index is 0.321. The summed E-state index contributed by atoms with van der Waals surface area (Å²) in [6.07, 6.45) is 10.8. The second-order valence-electron chi connectivity index (χ2n) is 5.59. The molecular weight excluding hydrogens is 198 g/mol. The van der Waals surface area contributed by atoms with Gasteiger partial charge in [-0.15, -0.1) is 0 Å². The van der Waals surface area contributed by atoms with Crippen molar-refractivity contribution in [3.63, 3.8) is 0 Å². The molecular formula is C14H27NO. The van der Waals surface area contributed by atoms with Crippen LogP contribution in [0.3, 0.4) is 0 Å². The van der Waals surface area contributed by atoms with Crippen LogP contribution in [0.2, 0.25) is 0 Å². The van der Waals surface area contributed by atoms with Gasteiger partial charge in [-0.05, 0) is 57.5 Å². The smallest absolute Gasteiger partial charge is 0.0685 e. The zero-order valence-corrected chi connectivity index (χ0v) is 10.8. The molecule has 1 saturated carbocycles. The molecule has 1 heterocycles. The van der Waals surface area contributed by atoms with Gasteiger partial charge >= 0.3 is 0 Å². The van der Waals surface area contributed by atoms with E-state index in [0.29, 0.717) is 5.60 Å². The van der Waals surface area contributed by atoms with Crippen molar-refractivity contribution in [2.45, 2.75) is 63.9 Å². The van der Waals surface area contributed by atoms with Crippen molar-refractivity contribution >= 4 is 0 Å². The standard InChI is InChI=1S/C14H27NO/c1-2-15-10-5-6-13-7-11-16-14(12-13)8-3-4-9-14/h13,15H,2-12H2,1H3. The summed E-state index contributed by atoms with van der Waals surface area (Å²) in [5.74, 6) is 0.936. The van der Waals surface area contributed by atoms with E-state index in [-0.39, 0.29) is 0 Å². The van der Waals surface area contributed by atoms with Crippen LogP contribution in [0.25, 0.3) is 0 Å². The summed E-state index contributed by atoms with van der Waals surface area (Å²) in [6.45, 7) is 5.51. The molecule has 2 heteroatoms. The summed E-state index contributed by atoms with van der Waals surface area (Å²) in [7, 11) is 0. The number of nitrogens with one attached hydrogen (secondary N) is 1. The van der Waals surface area contributed by atoms with Gasteiger partial charge in [0, 0.05) is 6.61 Å². The first-order valence-electron chi connectivity index (χ1n) is 7.19. The van der Waals surface area contributed by atoms with E-state index in [1.165, 1.54) is 57.9 Å². The molecule has 2 nitrogen and oxygen atoms in total. The third-order valence-corrected chi connectivity index (χ3v) is 4.33. The predicted molar refractivity (Wildman–Crippen MR) is 67.7 cm³/mol. The van der Waals surface area contributed by atoms with Crippen LogP contribution in [-0.2, 0) is 4.74 Å². The maximum Gasteiger partial charge on any atom is 0.0685 e. The summed E-state index contributed by atoms with van der Waals surface area (Å²) >= 11 is 0. The van der Waals surface area contributed by atoms with Crippen LogP contribution in [-0.4, -0.2) is 25.3 Å². The van der Waals surface area contributed by atoms with Crippen molar-refractivity contribution in [2.75, 3.05) is 19.7 Å². The Balaban J connectivity index is 1.70. The van der Waals surface area contributed by atoms with Gasteiger partial charge in [-0.1, -0.05) is 19.8 Å². The lowest BCUT2D eigenvalue weighted by Gasteiger charge is -2.38. The minimum Gasteiger partial charge on any atom is -0.375 e. The van der Waals surface area contributed by atoms with Crippen LogP contribution < -0.4 is 5.32 Å². The van der Waals surface area contributed by atoms with Gasteiger partial charge in [0.15, 0.2) is 0 Å². The average molecular weight is 225 g/mol. The van der Waals surface area contributed by atoms with Crippen molar-refractivity contribution in [1.82, 2.24) is 5.32 Å². The minimum absolute atomic E-state index is 0.321. The number of rotatable bonds is 5.